The lowest BCUT2D eigenvalue weighted by atomic mass is 10.1. The number of aryl methyl sites for hydroxylation is 1. The fourth-order valence-electron chi connectivity index (χ4n) is 2.43. The molecule has 0 bridgehead atoms. The van der Waals surface area contributed by atoms with Gasteiger partial charge in [0.1, 0.15) is 18.1 Å². The van der Waals surface area contributed by atoms with E-state index in [9.17, 15) is 0 Å². The van der Waals surface area contributed by atoms with Crippen LogP contribution in [0.15, 0.2) is 28.7 Å². The van der Waals surface area contributed by atoms with Gasteiger partial charge in [-0.05, 0) is 36.8 Å². The third-order valence-corrected chi connectivity index (χ3v) is 4.40. The van der Waals surface area contributed by atoms with Crippen molar-refractivity contribution in [2.45, 2.75) is 25.3 Å². The molecule has 2 heterocycles. The van der Waals surface area contributed by atoms with Gasteiger partial charge in [-0.25, -0.2) is 0 Å². The predicted molar refractivity (Wildman–Crippen MR) is 89.3 cm³/mol. The molecule has 1 aliphatic rings. The van der Waals surface area contributed by atoms with Gasteiger partial charge in [0.2, 0.25) is 0 Å². The number of benzene rings is 1. The first kappa shape index (κ1) is 14.9. The number of ether oxygens (including phenoxy) is 2. The number of hydrogen-bond acceptors (Lipinski definition) is 3. The molecule has 0 N–H and O–H groups in total. The smallest absolute Gasteiger partial charge is 0.142 e. The van der Waals surface area contributed by atoms with Crippen LogP contribution >= 0.6 is 31.9 Å². The van der Waals surface area contributed by atoms with E-state index < -0.39 is 0 Å². The molecule has 0 saturated carbocycles. The highest BCUT2D eigenvalue weighted by Gasteiger charge is 2.18. The molecule has 21 heavy (non-hydrogen) atoms. The van der Waals surface area contributed by atoms with Gasteiger partial charge in [-0.15, -0.1) is 0 Å². The van der Waals surface area contributed by atoms with E-state index in [1.807, 2.05) is 19.1 Å². The summed E-state index contributed by atoms with van der Waals surface area (Å²) >= 11 is 7.00. The minimum Gasteiger partial charge on any atom is -0.493 e. The van der Waals surface area contributed by atoms with Crippen LogP contribution in [0, 0.1) is 6.92 Å². The maximum atomic E-state index is 5.96. The van der Waals surface area contributed by atoms with Gasteiger partial charge < -0.3 is 9.47 Å². The Balaban J connectivity index is 1.83. The van der Waals surface area contributed by atoms with Crippen molar-refractivity contribution in [2.75, 3.05) is 6.61 Å². The zero-order valence-electron chi connectivity index (χ0n) is 11.7. The molecule has 5 heteroatoms. The first-order valence-corrected chi connectivity index (χ1v) is 8.68. The van der Waals surface area contributed by atoms with E-state index in [2.05, 4.69) is 49.0 Å². The van der Waals surface area contributed by atoms with Crippen molar-refractivity contribution >= 4 is 31.9 Å². The topological polar surface area (TPSA) is 31.4 Å². The second-order valence-electron chi connectivity index (χ2n) is 4.97. The summed E-state index contributed by atoms with van der Waals surface area (Å²) in [5, 5.41) is 0.678. The van der Waals surface area contributed by atoms with Crippen LogP contribution in [-0.2, 0) is 18.4 Å². The van der Waals surface area contributed by atoms with Crippen molar-refractivity contribution in [3.05, 3.63) is 51.3 Å². The molecule has 3 nitrogen and oxygen atoms in total. The molecule has 0 aliphatic carbocycles. The van der Waals surface area contributed by atoms with E-state index in [4.69, 9.17) is 9.47 Å². The molecule has 0 amide bonds. The number of halogens is 2. The molecule has 0 radical (unpaired) electrons. The Morgan fingerprint density at radius 1 is 1.33 bits per heavy atom. The average molecular weight is 413 g/mol. The monoisotopic (exact) mass is 411 g/mol. The zero-order valence-corrected chi connectivity index (χ0v) is 14.8. The van der Waals surface area contributed by atoms with Crippen LogP contribution < -0.4 is 9.47 Å². The Morgan fingerprint density at radius 2 is 2.19 bits per heavy atom. The third-order valence-electron chi connectivity index (χ3n) is 3.41. The van der Waals surface area contributed by atoms with Gasteiger partial charge in [0.15, 0.2) is 0 Å². The maximum absolute atomic E-state index is 5.96. The molecule has 1 aromatic carbocycles. The Labute approximate surface area is 140 Å². The third kappa shape index (κ3) is 3.24. The fourth-order valence-corrected chi connectivity index (χ4v) is 3.39. The lowest BCUT2D eigenvalue weighted by molar-refractivity contribution is 0.288. The summed E-state index contributed by atoms with van der Waals surface area (Å²) in [6.07, 6.45) is 0.959. The fraction of sp³-hybridized carbons (Fsp3) is 0.312. The molecule has 2 aromatic rings. The molecular weight excluding hydrogens is 398 g/mol. The van der Waals surface area contributed by atoms with Crippen LogP contribution in [0.25, 0.3) is 0 Å². The van der Waals surface area contributed by atoms with Gasteiger partial charge in [-0.3, -0.25) is 4.98 Å². The largest absolute Gasteiger partial charge is 0.493 e. The highest BCUT2D eigenvalue weighted by atomic mass is 79.9. The van der Waals surface area contributed by atoms with Gasteiger partial charge in [-0.1, -0.05) is 31.9 Å². The molecule has 0 spiro atoms. The van der Waals surface area contributed by atoms with Crippen LogP contribution in [0.5, 0.6) is 11.5 Å². The van der Waals surface area contributed by atoms with E-state index in [0.29, 0.717) is 11.9 Å². The first-order valence-electron chi connectivity index (χ1n) is 6.77. The summed E-state index contributed by atoms with van der Waals surface area (Å²) < 4.78 is 12.7. The van der Waals surface area contributed by atoms with Crippen LogP contribution in [0.4, 0.5) is 0 Å². The maximum Gasteiger partial charge on any atom is 0.142 e. The molecular formula is C16H15Br2NO2. The lowest BCUT2D eigenvalue weighted by Crippen LogP contribution is -2.02. The second-order valence-corrected chi connectivity index (χ2v) is 6.45. The molecule has 0 atom stereocenters. The van der Waals surface area contributed by atoms with Crippen molar-refractivity contribution in [3.8, 4) is 11.5 Å². The minimum atomic E-state index is 0.479. The van der Waals surface area contributed by atoms with Crippen molar-refractivity contribution in [1.29, 1.82) is 0 Å². The Morgan fingerprint density at radius 3 is 3.00 bits per heavy atom. The van der Waals surface area contributed by atoms with Gasteiger partial charge >= 0.3 is 0 Å². The summed E-state index contributed by atoms with van der Waals surface area (Å²) in [6, 6.07) is 8.10. The molecule has 3 rings (SSSR count). The van der Waals surface area contributed by atoms with Crippen molar-refractivity contribution < 1.29 is 9.47 Å². The van der Waals surface area contributed by atoms with Crippen LogP contribution in [0.2, 0.25) is 0 Å². The van der Waals surface area contributed by atoms with E-state index in [-0.39, 0.29) is 0 Å². The van der Waals surface area contributed by atoms with E-state index in [1.165, 1.54) is 5.56 Å². The first-order chi connectivity index (χ1) is 10.2. The molecule has 1 aromatic heterocycles. The molecule has 0 unspecified atom stereocenters. The van der Waals surface area contributed by atoms with Crippen molar-refractivity contribution in [1.82, 2.24) is 4.98 Å². The van der Waals surface area contributed by atoms with Gasteiger partial charge in [-0.2, -0.15) is 0 Å². The average Bonchev–Trinajstić information content (AvgIpc) is 2.93. The minimum absolute atomic E-state index is 0.479. The predicted octanol–water partition coefficient (Wildman–Crippen LogP) is 4.56. The van der Waals surface area contributed by atoms with Crippen molar-refractivity contribution in [3.63, 3.8) is 0 Å². The molecule has 110 valence electrons. The van der Waals surface area contributed by atoms with Crippen molar-refractivity contribution in [2.24, 2.45) is 0 Å². The highest BCUT2D eigenvalue weighted by Crippen LogP contribution is 2.34. The normalized spacial score (nSPS) is 12.9. The number of hydrogen-bond donors (Lipinski definition) is 0. The Kier molecular flexibility index (Phi) is 4.50. The number of aromatic nitrogens is 1. The number of pyridine rings is 1. The lowest BCUT2D eigenvalue weighted by Gasteiger charge is -2.13. The van der Waals surface area contributed by atoms with E-state index >= 15 is 0 Å². The summed E-state index contributed by atoms with van der Waals surface area (Å²) in [4.78, 5) is 4.48. The molecule has 0 saturated heterocycles. The standard InChI is InChI=1S/C16H15Br2NO2/c1-10-2-3-15(14(8-17)19-10)21-9-12-7-13(18)6-11-4-5-20-16(11)12/h2-3,6-7H,4-5,8-9H2,1H3. The molecule has 1 aliphatic heterocycles. The Bertz CT molecular complexity index is 674. The van der Waals surface area contributed by atoms with Gasteiger partial charge in [0.05, 0.1) is 12.3 Å². The number of rotatable bonds is 4. The quantitative estimate of drug-likeness (QED) is 0.689. The number of fused-ring (bicyclic) bond motifs is 1. The second kappa shape index (κ2) is 6.36. The van der Waals surface area contributed by atoms with Gasteiger partial charge in [0.25, 0.3) is 0 Å². The summed E-state index contributed by atoms with van der Waals surface area (Å²) in [5.41, 5.74) is 4.22. The summed E-state index contributed by atoms with van der Waals surface area (Å²) in [7, 11) is 0. The summed E-state index contributed by atoms with van der Waals surface area (Å²) in [6.45, 7) is 3.20. The number of alkyl halides is 1. The van der Waals surface area contributed by atoms with Crippen LogP contribution in [-0.4, -0.2) is 11.6 Å². The van der Waals surface area contributed by atoms with E-state index in [1.54, 1.807) is 0 Å². The zero-order chi connectivity index (χ0) is 14.8. The SMILES string of the molecule is Cc1ccc(OCc2cc(Br)cc3c2OCC3)c(CBr)n1. The molecule has 0 fully saturated rings. The Hall–Kier alpha value is -1.07. The van der Waals surface area contributed by atoms with Crippen LogP contribution in [0.3, 0.4) is 0 Å². The van der Waals surface area contributed by atoms with Crippen LogP contribution in [0.1, 0.15) is 22.5 Å². The highest BCUT2D eigenvalue weighted by molar-refractivity contribution is 9.10. The number of nitrogens with zero attached hydrogens (tertiary/aromatic N) is 1. The van der Waals surface area contributed by atoms with E-state index in [0.717, 1.165) is 46.0 Å². The van der Waals surface area contributed by atoms with Gasteiger partial charge in [0, 0.05) is 27.5 Å². The summed E-state index contributed by atoms with van der Waals surface area (Å²) in [5.74, 6) is 1.78.